The molecule has 0 amide bonds. The van der Waals surface area contributed by atoms with Crippen molar-refractivity contribution in [2.45, 2.75) is 37.1 Å². The molecule has 0 spiro atoms. The molecule has 1 atom stereocenters. The van der Waals surface area contributed by atoms with Crippen LogP contribution in [0.3, 0.4) is 0 Å². The number of aliphatic carboxylic acids is 1. The molecule has 4 heteroatoms. The molecule has 0 radical (unpaired) electrons. The first-order valence-electron chi connectivity index (χ1n) is 6.39. The predicted molar refractivity (Wildman–Crippen MR) is 75.5 cm³/mol. The molecule has 1 unspecified atom stereocenters. The Kier molecular flexibility index (Phi) is 4.53. The van der Waals surface area contributed by atoms with Gasteiger partial charge in [0, 0.05) is 29.7 Å². The minimum atomic E-state index is -0.697. The Hall–Kier alpha value is -1.16. The van der Waals surface area contributed by atoms with Gasteiger partial charge in [-0.05, 0) is 31.9 Å². The molecule has 0 bridgehead atoms. The quantitative estimate of drug-likeness (QED) is 0.830. The number of nitrogens with zero attached hydrogens (tertiary/aromatic N) is 1. The lowest BCUT2D eigenvalue weighted by Crippen LogP contribution is -2.38. The molecule has 1 aliphatic heterocycles. The van der Waals surface area contributed by atoms with Crippen LogP contribution in [0, 0.1) is 0 Å². The Balaban J connectivity index is 1.96. The van der Waals surface area contributed by atoms with Gasteiger partial charge in [-0.2, -0.15) is 0 Å². The van der Waals surface area contributed by atoms with Crippen LogP contribution in [0.4, 0.5) is 5.69 Å². The highest BCUT2D eigenvalue weighted by Crippen LogP contribution is 2.37. The Morgan fingerprint density at radius 1 is 1.44 bits per heavy atom. The maximum atomic E-state index is 10.5. The van der Waals surface area contributed by atoms with E-state index in [-0.39, 0.29) is 6.42 Å². The van der Waals surface area contributed by atoms with Crippen LogP contribution in [-0.2, 0) is 4.79 Å². The molecule has 98 valence electrons. The maximum absolute atomic E-state index is 10.5. The zero-order valence-electron chi connectivity index (χ0n) is 10.6. The zero-order valence-corrected chi connectivity index (χ0v) is 11.4. The second-order valence-electron chi connectivity index (χ2n) is 4.67. The number of thioether (sulfide) groups is 1. The van der Waals surface area contributed by atoms with Gasteiger partial charge in [-0.25, -0.2) is 0 Å². The maximum Gasteiger partial charge on any atom is 0.303 e. The van der Waals surface area contributed by atoms with Crippen LogP contribution in [0.1, 0.15) is 26.2 Å². The number of carbonyl (C=O) groups is 1. The number of rotatable bonds is 5. The van der Waals surface area contributed by atoms with E-state index in [1.807, 2.05) is 11.8 Å². The van der Waals surface area contributed by atoms with Crippen molar-refractivity contribution in [2.24, 2.45) is 0 Å². The van der Waals surface area contributed by atoms with Gasteiger partial charge in [0.25, 0.3) is 0 Å². The highest BCUT2D eigenvalue weighted by atomic mass is 32.2. The molecule has 0 fully saturated rings. The van der Waals surface area contributed by atoms with Crippen LogP contribution in [0.5, 0.6) is 0 Å². The Morgan fingerprint density at radius 2 is 2.22 bits per heavy atom. The molecule has 0 saturated heterocycles. The number of unbranched alkanes of at least 4 members (excludes halogenated alkanes) is 1. The summed E-state index contributed by atoms with van der Waals surface area (Å²) in [6.07, 6.45) is 1.97. The Bertz CT molecular complexity index is 422. The van der Waals surface area contributed by atoms with Crippen LogP contribution >= 0.6 is 11.8 Å². The molecular formula is C14H19NO2S. The van der Waals surface area contributed by atoms with Crippen LogP contribution in [0.15, 0.2) is 29.2 Å². The molecule has 3 nitrogen and oxygen atoms in total. The van der Waals surface area contributed by atoms with E-state index in [2.05, 4.69) is 36.1 Å². The Labute approximate surface area is 112 Å². The van der Waals surface area contributed by atoms with Crippen molar-refractivity contribution >= 4 is 23.4 Å². The number of benzene rings is 1. The zero-order chi connectivity index (χ0) is 13.0. The molecule has 2 rings (SSSR count). The number of fused-ring (bicyclic) bond motifs is 1. The summed E-state index contributed by atoms with van der Waals surface area (Å²) in [5.74, 6) is 0.410. The summed E-state index contributed by atoms with van der Waals surface area (Å²) in [5.41, 5.74) is 1.30. The van der Waals surface area contributed by atoms with Crippen molar-refractivity contribution in [1.82, 2.24) is 0 Å². The first kappa shape index (κ1) is 13.3. The van der Waals surface area contributed by atoms with Crippen molar-refractivity contribution < 1.29 is 9.90 Å². The van der Waals surface area contributed by atoms with E-state index in [1.165, 1.54) is 10.6 Å². The normalized spacial score (nSPS) is 18.5. The standard InChI is InChI=1S/C14H19NO2S/c1-11-10-18-13-7-3-2-6-12(13)15(11)9-5-4-8-14(16)17/h2-3,6-7,11H,4-5,8-10H2,1H3,(H,16,17). The van der Waals surface area contributed by atoms with E-state index in [4.69, 9.17) is 5.11 Å². The van der Waals surface area contributed by atoms with E-state index in [9.17, 15) is 4.79 Å². The van der Waals surface area contributed by atoms with Crippen molar-refractivity contribution in [1.29, 1.82) is 0 Å². The Morgan fingerprint density at radius 3 is 3.00 bits per heavy atom. The van der Waals surface area contributed by atoms with Gasteiger partial charge in [-0.1, -0.05) is 12.1 Å². The van der Waals surface area contributed by atoms with Gasteiger partial charge in [0.05, 0.1) is 5.69 Å². The van der Waals surface area contributed by atoms with Crippen LogP contribution < -0.4 is 4.90 Å². The smallest absolute Gasteiger partial charge is 0.303 e. The highest BCUT2D eigenvalue weighted by Gasteiger charge is 2.22. The topological polar surface area (TPSA) is 40.5 Å². The molecule has 0 aromatic heterocycles. The fourth-order valence-corrected chi connectivity index (χ4v) is 3.36. The van der Waals surface area contributed by atoms with E-state index in [1.54, 1.807) is 0 Å². The molecule has 1 N–H and O–H groups in total. The summed E-state index contributed by atoms with van der Waals surface area (Å²) >= 11 is 1.91. The van der Waals surface area contributed by atoms with E-state index < -0.39 is 5.97 Å². The summed E-state index contributed by atoms with van der Waals surface area (Å²) < 4.78 is 0. The number of hydrogen-bond donors (Lipinski definition) is 1. The van der Waals surface area contributed by atoms with E-state index in [0.717, 1.165) is 25.1 Å². The average molecular weight is 265 g/mol. The lowest BCUT2D eigenvalue weighted by Gasteiger charge is -2.36. The van der Waals surface area contributed by atoms with Gasteiger partial charge >= 0.3 is 5.97 Å². The van der Waals surface area contributed by atoms with Crippen LogP contribution in [0.2, 0.25) is 0 Å². The van der Waals surface area contributed by atoms with Crippen molar-refractivity contribution in [3.8, 4) is 0 Å². The third kappa shape index (κ3) is 3.19. The number of para-hydroxylation sites is 1. The molecule has 1 aliphatic rings. The third-order valence-electron chi connectivity index (χ3n) is 3.23. The summed E-state index contributed by atoms with van der Waals surface area (Å²) in [6.45, 7) is 3.19. The summed E-state index contributed by atoms with van der Waals surface area (Å²) in [6, 6.07) is 8.99. The first-order chi connectivity index (χ1) is 8.68. The van der Waals surface area contributed by atoms with Gasteiger partial charge in [-0.3, -0.25) is 4.79 Å². The molecule has 18 heavy (non-hydrogen) atoms. The van der Waals surface area contributed by atoms with Gasteiger partial charge in [-0.15, -0.1) is 11.8 Å². The molecular weight excluding hydrogens is 246 g/mol. The van der Waals surface area contributed by atoms with E-state index in [0.29, 0.717) is 6.04 Å². The second-order valence-corrected chi connectivity index (χ2v) is 5.73. The molecule has 1 aromatic rings. The average Bonchev–Trinajstić information content (AvgIpc) is 2.36. The van der Waals surface area contributed by atoms with Gasteiger partial charge < -0.3 is 10.0 Å². The van der Waals surface area contributed by atoms with Crippen molar-refractivity contribution in [2.75, 3.05) is 17.2 Å². The lowest BCUT2D eigenvalue weighted by atomic mass is 10.1. The summed E-state index contributed by atoms with van der Waals surface area (Å²) in [7, 11) is 0. The number of carboxylic acid groups (broad SMARTS) is 1. The van der Waals surface area contributed by atoms with Crippen LogP contribution in [0.25, 0.3) is 0 Å². The summed E-state index contributed by atoms with van der Waals surface area (Å²) in [4.78, 5) is 14.2. The number of anilines is 1. The largest absolute Gasteiger partial charge is 0.481 e. The minimum absolute atomic E-state index is 0.276. The summed E-state index contributed by atoms with van der Waals surface area (Å²) in [5, 5.41) is 8.64. The van der Waals surface area contributed by atoms with Crippen molar-refractivity contribution in [3.63, 3.8) is 0 Å². The number of carboxylic acids is 1. The minimum Gasteiger partial charge on any atom is -0.481 e. The molecule has 1 heterocycles. The fraction of sp³-hybridized carbons (Fsp3) is 0.500. The monoisotopic (exact) mass is 265 g/mol. The van der Waals surface area contributed by atoms with Gasteiger partial charge in [0.15, 0.2) is 0 Å². The predicted octanol–water partition coefficient (Wildman–Crippen LogP) is 3.24. The highest BCUT2D eigenvalue weighted by molar-refractivity contribution is 7.99. The first-order valence-corrected chi connectivity index (χ1v) is 7.37. The van der Waals surface area contributed by atoms with Gasteiger partial charge in [0.1, 0.15) is 0 Å². The molecule has 0 saturated carbocycles. The fourth-order valence-electron chi connectivity index (χ4n) is 2.25. The number of hydrogen-bond acceptors (Lipinski definition) is 3. The lowest BCUT2D eigenvalue weighted by molar-refractivity contribution is -0.137. The SMILES string of the molecule is CC1CSc2ccccc2N1CCCCC(=O)O. The van der Waals surface area contributed by atoms with Crippen molar-refractivity contribution in [3.05, 3.63) is 24.3 Å². The molecule has 1 aromatic carbocycles. The van der Waals surface area contributed by atoms with E-state index >= 15 is 0 Å². The molecule has 0 aliphatic carbocycles. The third-order valence-corrected chi connectivity index (χ3v) is 4.53. The van der Waals surface area contributed by atoms with Crippen LogP contribution in [-0.4, -0.2) is 29.4 Å². The van der Waals surface area contributed by atoms with Gasteiger partial charge in [0.2, 0.25) is 0 Å². The second kappa shape index (κ2) is 6.14.